The highest BCUT2D eigenvalue weighted by Gasteiger charge is 2.53. The summed E-state index contributed by atoms with van der Waals surface area (Å²) < 4.78 is 39.5. The first kappa shape index (κ1) is 55.1. The van der Waals surface area contributed by atoms with Crippen LogP contribution in [0.5, 0.6) is 0 Å². The number of aromatic nitrogens is 4. The fourth-order valence-corrected chi connectivity index (χ4v) is 10.9. The maximum Gasteiger partial charge on any atom is 0.329 e. The number of ether oxygens (including phenoxy) is 5. The number of allylic oxidation sites excluding steroid dienone is 6. The van der Waals surface area contributed by atoms with Crippen molar-refractivity contribution in [3.05, 3.63) is 53.9 Å². The monoisotopic (exact) mass is 982 g/mol. The predicted octanol–water partition coefficient (Wildman–Crippen LogP) is 6.44. The van der Waals surface area contributed by atoms with Gasteiger partial charge in [0.15, 0.2) is 5.78 Å². The van der Waals surface area contributed by atoms with Crippen molar-refractivity contribution in [2.75, 3.05) is 27.9 Å². The first-order valence-corrected chi connectivity index (χ1v) is 25.5. The molecule has 0 aromatic carbocycles. The van der Waals surface area contributed by atoms with Gasteiger partial charge in [-0.25, -0.2) is 9.48 Å². The van der Waals surface area contributed by atoms with Crippen molar-refractivity contribution >= 4 is 29.2 Å². The molecule has 3 fully saturated rings. The van der Waals surface area contributed by atoms with Gasteiger partial charge in [0, 0.05) is 58.5 Å². The van der Waals surface area contributed by atoms with E-state index in [0.29, 0.717) is 69.8 Å². The number of carbonyl (C=O) groups excluding carboxylic acids is 5. The number of fused-ring (bicyclic) bond motifs is 3. The summed E-state index contributed by atoms with van der Waals surface area (Å²) in [6, 6.07) is -1.41. The molecule has 70 heavy (non-hydrogen) atoms. The van der Waals surface area contributed by atoms with E-state index in [1.165, 1.54) is 16.7 Å². The van der Waals surface area contributed by atoms with E-state index in [1.54, 1.807) is 41.1 Å². The first-order valence-electron chi connectivity index (χ1n) is 26.0. The topological polar surface area (TPSA) is 219 Å². The Balaban J connectivity index is 1.46. The van der Waals surface area contributed by atoms with Gasteiger partial charge < -0.3 is 38.8 Å². The molecular weight excluding hydrogens is 899 g/mol. The average Bonchev–Trinajstić information content (AvgIpc) is 3.78. The molecule has 2 N–H and O–H groups in total. The zero-order valence-corrected chi connectivity index (χ0v) is 43.2. The molecule has 1 amide bonds. The number of Topliss-reactive ketones (excluding diaryl/α,β-unsaturated/α-hetero) is 3. The van der Waals surface area contributed by atoms with Crippen LogP contribution >= 0.6 is 0 Å². The lowest BCUT2D eigenvalue weighted by atomic mass is 9.77. The molecule has 0 spiro atoms. The zero-order chi connectivity index (χ0) is 52.2. The van der Waals surface area contributed by atoms with Crippen LogP contribution in [0.3, 0.4) is 0 Å². The van der Waals surface area contributed by atoms with Crippen molar-refractivity contribution in [1.82, 2.24) is 25.1 Å². The number of hydrogen-bond acceptors (Lipinski definition) is 15. The lowest BCUT2D eigenvalue weighted by Crippen LogP contribution is -2.61. The highest BCUT2D eigenvalue weighted by molar-refractivity contribution is 6.39. The molecule has 2 saturated heterocycles. The van der Waals surface area contributed by atoms with Gasteiger partial charge in [-0.3, -0.25) is 19.2 Å². The van der Waals surface area contributed by atoms with Crippen LogP contribution in [0.4, 0.5) is 0 Å². The smallest absolute Gasteiger partial charge is 0.329 e. The second-order valence-corrected chi connectivity index (χ2v) is 20.7. The molecular formula is C53H81N5O12. The van der Waals surface area contributed by atoms with Crippen LogP contribution in [0.2, 0.25) is 0 Å². The van der Waals surface area contributed by atoms with Gasteiger partial charge in [0.1, 0.15) is 37.8 Å². The van der Waals surface area contributed by atoms with Gasteiger partial charge >= 0.3 is 5.97 Å². The van der Waals surface area contributed by atoms with Crippen LogP contribution in [0, 0.1) is 35.5 Å². The molecule has 17 nitrogen and oxygen atoms in total. The maximum atomic E-state index is 14.5. The van der Waals surface area contributed by atoms with Gasteiger partial charge in [-0.1, -0.05) is 71.1 Å². The fourth-order valence-electron chi connectivity index (χ4n) is 10.9. The Kier molecular flexibility index (Phi) is 20.8. The number of hydrogen-bond donors (Lipinski definition) is 2. The van der Waals surface area contributed by atoms with E-state index < -0.39 is 77.8 Å². The number of aliphatic hydroxyl groups is 2. The van der Waals surface area contributed by atoms with Crippen LogP contribution in [0.25, 0.3) is 0 Å². The summed E-state index contributed by atoms with van der Waals surface area (Å²) in [5, 5.41) is 34.9. The van der Waals surface area contributed by atoms with Crippen LogP contribution in [-0.4, -0.2) is 141 Å². The van der Waals surface area contributed by atoms with Crippen molar-refractivity contribution in [2.45, 2.75) is 186 Å². The summed E-state index contributed by atoms with van der Waals surface area (Å²) in [7, 11) is 4.57. The van der Waals surface area contributed by atoms with E-state index in [-0.39, 0.29) is 67.2 Å². The summed E-state index contributed by atoms with van der Waals surface area (Å²) in [5.41, 5.74) is 1.27. The number of ketones is 3. The van der Waals surface area contributed by atoms with Crippen molar-refractivity contribution in [3.8, 4) is 0 Å². The number of piperidine rings is 1. The standard InChI is InChI=1S/C53H81N5O12/c1-32-17-13-11-12-14-18-33(2)44(66-8)29-40-22-20-38(7)53(65,70-40)50(62)51(63)57-24-16-15-19-42(57)52(64)69-45(35(4)27-39-21-23-41(46(28-39)67-9)58-31-54-55-56-58)30-43(59)34(3)26-37(6)48(61)49(68-10)47(60)36(5)25-32/h11-14,18,26,31-32,34-36,38-42,44-46,48-49,61,65H,15-17,19-25,27-30H2,1-10H3/b13-11-,14-12-,33-18-,37-26-/t32-,34-,35-,36-,38-,39+,40+,41+,42+,44+,45+,46-,48-,49+,53-/m1/s1/i31T. The predicted molar refractivity (Wildman–Crippen MR) is 261 cm³/mol. The van der Waals surface area contributed by atoms with E-state index in [0.717, 1.165) is 12.0 Å². The number of amides is 1. The zero-order valence-electron chi connectivity index (χ0n) is 44.2. The quantitative estimate of drug-likeness (QED) is 0.171. The lowest BCUT2D eigenvalue weighted by molar-refractivity contribution is -0.265. The minimum Gasteiger partial charge on any atom is -0.460 e. The molecule has 1 aromatic heterocycles. The number of cyclic esters (lactones) is 1. The molecule has 1 saturated carbocycles. The van der Waals surface area contributed by atoms with Gasteiger partial charge in [0.05, 0.1) is 24.4 Å². The van der Waals surface area contributed by atoms with Gasteiger partial charge in [-0.2, -0.15) is 0 Å². The third-order valence-corrected chi connectivity index (χ3v) is 15.4. The summed E-state index contributed by atoms with van der Waals surface area (Å²) in [6.07, 6.45) is 12.6. The number of nitrogens with zero attached hydrogens (tertiary/aromatic N) is 5. The van der Waals surface area contributed by atoms with Crippen LogP contribution in [-0.2, 0) is 47.7 Å². The highest BCUT2D eigenvalue weighted by atomic mass is 16.6. The third-order valence-electron chi connectivity index (χ3n) is 15.4. The highest BCUT2D eigenvalue weighted by Crippen LogP contribution is 2.39. The van der Waals surface area contributed by atoms with E-state index in [9.17, 15) is 34.2 Å². The van der Waals surface area contributed by atoms with Crippen molar-refractivity contribution < 1.29 is 59.2 Å². The number of rotatable bonds is 7. The Morgan fingerprint density at radius 2 is 1.67 bits per heavy atom. The fraction of sp³-hybridized carbons (Fsp3) is 0.736. The van der Waals surface area contributed by atoms with E-state index in [2.05, 4.69) is 22.4 Å². The molecule has 4 aliphatic rings. The lowest BCUT2D eigenvalue weighted by Gasteiger charge is -2.42. The first-order chi connectivity index (χ1) is 33.7. The Bertz CT molecular complexity index is 2110. The van der Waals surface area contributed by atoms with E-state index >= 15 is 0 Å². The SMILES string of the molecule is [3H]c1nnnn1[C@H]1CC[C@@H](C[C@@H](C)[C@@H]2CC(=O)[C@H](C)/C=C(/C)[C@@H](O)[C@@H](OC)C(=O)[C@H](C)C[C@H](C)C\C=C/C=C\C=C(\C)[C@@H](OC)C[C@@H]3CC[C@@H](C)[C@@](O)(O3)C(=O)C(=O)N3CCCC[C@H]3C(=O)O2)C[C@H]1OC. The largest absolute Gasteiger partial charge is 0.460 e. The number of esters is 1. The van der Waals surface area contributed by atoms with Gasteiger partial charge in [-0.15, -0.1) is 5.10 Å². The summed E-state index contributed by atoms with van der Waals surface area (Å²) in [4.78, 5) is 72.4. The molecule has 3 aliphatic heterocycles. The number of aliphatic hydroxyl groups excluding tert-OH is 1. The molecule has 390 valence electrons. The Morgan fingerprint density at radius 3 is 2.36 bits per heavy atom. The molecule has 4 heterocycles. The molecule has 17 heteroatoms. The third kappa shape index (κ3) is 14.5. The van der Waals surface area contributed by atoms with Crippen molar-refractivity contribution in [1.29, 1.82) is 0 Å². The second kappa shape index (κ2) is 26.4. The molecule has 1 aromatic rings. The normalized spacial score (nSPS) is 38.7. The summed E-state index contributed by atoms with van der Waals surface area (Å²) in [5.74, 6) is -7.95. The number of carbonyl (C=O) groups is 5. The Labute approximate surface area is 416 Å². The van der Waals surface area contributed by atoms with E-state index in [4.69, 9.17) is 25.1 Å². The van der Waals surface area contributed by atoms with Gasteiger partial charge in [0.2, 0.25) is 5.79 Å². The molecule has 5 rings (SSSR count). The van der Waals surface area contributed by atoms with Crippen LogP contribution in [0.1, 0.15) is 139 Å². The summed E-state index contributed by atoms with van der Waals surface area (Å²) in [6.45, 7) is 12.8. The summed E-state index contributed by atoms with van der Waals surface area (Å²) >= 11 is 0. The molecule has 0 radical (unpaired) electrons. The minimum absolute atomic E-state index is 0.0593. The molecule has 1 aliphatic carbocycles. The average molecular weight is 982 g/mol. The van der Waals surface area contributed by atoms with Gasteiger partial charge in [0.25, 0.3) is 11.7 Å². The Hall–Kier alpha value is -4.26. The van der Waals surface area contributed by atoms with Crippen molar-refractivity contribution in [2.24, 2.45) is 35.5 Å². The van der Waals surface area contributed by atoms with Crippen molar-refractivity contribution in [3.63, 3.8) is 0 Å². The van der Waals surface area contributed by atoms with E-state index in [1.807, 2.05) is 51.2 Å². The molecule has 15 atom stereocenters. The van der Waals surface area contributed by atoms with Crippen LogP contribution < -0.4 is 0 Å². The van der Waals surface area contributed by atoms with Crippen LogP contribution in [0.15, 0.2) is 53.9 Å². The van der Waals surface area contributed by atoms with Gasteiger partial charge in [-0.05, 0) is 124 Å². The number of methoxy groups -OCH3 is 3. The molecule has 0 unspecified atom stereocenters. The minimum atomic E-state index is -2.44. The second-order valence-electron chi connectivity index (χ2n) is 20.7. The molecule has 2 bridgehead atoms. The maximum absolute atomic E-state index is 14.5. The Morgan fingerprint density at radius 1 is 0.914 bits per heavy atom. The number of tetrazole rings is 1.